The summed E-state index contributed by atoms with van der Waals surface area (Å²) in [5, 5.41) is 8.98. The van der Waals surface area contributed by atoms with Gasteiger partial charge < -0.3 is 16.3 Å². The number of hydrogen-bond donors (Lipinski definition) is 2. The molecule has 0 aliphatic heterocycles. The zero-order chi connectivity index (χ0) is 10.5. The van der Waals surface area contributed by atoms with Gasteiger partial charge in [0.25, 0.3) is 0 Å². The number of carbonyl (C=O) groups is 1. The largest absolute Gasteiger partial charge is 0.480 e. The highest BCUT2D eigenvalue weighted by atomic mass is 16.4. The molecule has 5 N–H and O–H groups in total. The molecule has 4 heteroatoms. The Labute approximate surface area is 85.8 Å². The van der Waals surface area contributed by atoms with Crippen LogP contribution in [0.2, 0.25) is 0 Å². The number of carboxylic acids is 1. The maximum Gasteiger partial charge on any atom is 0.323 e. The highest BCUT2D eigenvalue weighted by Gasteiger charge is 2.36. The minimum absolute atomic E-state index is 0. The Bertz CT molecular complexity index is 171. The Morgan fingerprint density at radius 3 is 2.21 bits per heavy atom. The highest BCUT2D eigenvalue weighted by Crippen LogP contribution is 2.21. The van der Waals surface area contributed by atoms with Gasteiger partial charge in [-0.2, -0.15) is 0 Å². The SMILES string of the molecule is CCCCCC(N)(C(=O)O)C(C)C.O. The van der Waals surface area contributed by atoms with E-state index in [4.69, 9.17) is 10.8 Å². The lowest BCUT2D eigenvalue weighted by Crippen LogP contribution is -2.52. The molecule has 86 valence electrons. The monoisotopic (exact) mass is 205 g/mol. The van der Waals surface area contributed by atoms with Gasteiger partial charge in [0.2, 0.25) is 0 Å². The van der Waals surface area contributed by atoms with Gasteiger partial charge in [-0.15, -0.1) is 0 Å². The fourth-order valence-corrected chi connectivity index (χ4v) is 1.31. The summed E-state index contributed by atoms with van der Waals surface area (Å²) >= 11 is 0. The van der Waals surface area contributed by atoms with Crippen LogP contribution in [0.5, 0.6) is 0 Å². The lowest BCUT2D eigenvalue weighted by Gasteiger charge is -2.28. The molecule has 14 heavy (non-hydrogen) atoms. The van der Waals surface area contributed by atoms with E-state index < -0.39 is 11.5 Å². The van der Waals surface area contributed by atoms with Crippen LogP contribution in [0.15, 0.2) is 0 Å². The van der Waals surface area contributed by atoms with Crippen LogP contribution in [0.1, 0.15) is 46.5 Å². The van der Waals surface area contributed by atoms with Crippen molar-refractivity contribution in [2.75, 3.05) is 0 Å². The minimum Gasteiger partial charge on any atom is -0.480 e. The zero-order valence-corrected chi connectivity index (χ0v) is 9.34. The molecule has 0 saturated carbocycles. The standard InChI is InChI=1S/C10H21NO2.H2O/c1-4-5-6-7-10(11,8(2)3)9(12)13;/h8H,4-7,11H2,1-3H3,(H,12,13);1H2. The van der Waals surface area contributed by atoms with Gasteiger partial charge >= 0.3 is 5.97 Å². The molecule has 0 heterocycles. The van der Waals surface area contributed by atoms with E-state index in [1.165, 1.54) is 0 Å². The maximum atomic E-state index is 10.9. The van der Waals surface area contributed by atoms with E-state index in [1.54, 1.807) is 0 Å². The number of unbranched alkanes of at least 4 members (excludes halogenated alkanes) is 2. The van der Waals surface area contributed by atoms with Crippen molar-refractivity contribution in [3.8, 4) is 0 Å². The minimum atomic E-state index is -1.03. The second-order valence-corrected chi connectivity index (χ2v) is 3.96. The molecule has 0 aromatic carbocycles. The van der Waals surface area contributed by atoms with Crippen molar-refractivity contribution in [3.63, 3.8) is 0 Å². The molecule has 0 fully saturated rings. The Kier molecular flexibility index (Phi) is 7.68. The number of nitrogens with two attached hydrogens (primary N) is 1. The molecule has 0 radical (unpaired) electrons. The maximum absolute atomic E-state index is 10.9. The van der Waals surface area contributed by atoms with Crippen LogP contribution in [0.4, 0.5) is 0 Å². The van der Waals surface area contributed by atoms with Gasteiger partial charge in [-0.3, -0.25) is 4.79 Å². The van der Waals surface area contributed by atoms with Crippen molar-refractivity contribution >= 4 is 5.97 Å². The van der Waals surface area contributed by atoms with Crippen molar-refractivity contribution in [3.05, 3.63) is 0 Å². The van der Waals surface area contributed by atoms with Crippen molar-refractivity contribution in [1.29, 1.82) is 0 Å². The first-order valence-corrected chi connectivity index (χ1v) is 4.97. The molecule has 1 atom stereocenters. The normalized spacial score (nSPS) is 14.6. The molecular formula is C10H23NO3. The number of carboxylic acid groups (broad SMARTS) is 1. The van der Waals surface area contributed by atoms with E-state index in [2.05, 4.69) is 6.92 Å². The van der Waals surface area contributed by atoms with Crippen LogP contribution in [0.3, 0.4) is 0 Å². The average Bonchev–Trinajstić information content (AvgIpc) is 2.03. The number of hydrogen-bond acceptors (Lipinski definition) is 2. The summed E-state index contributed by atoms with van der Waals surface area (Å²) < 4.78 is 0. The third kappa shape index (κ3) is 4.07. The van der Waals surface area contributed by atoms with Gasteiger partial charge in [-0.25, -0.2) is 0 Å². The first-order valence-electron chi connectivity index (χ1n) is 4.97. The zero-order valence-electron chi connectivity index (χ0n) is 9.34. The summed E-state index contributed by atoms with van der Waals surface area (Å²) in [6.45, 7) is 5.81. The van der Waals surface area contributed by atoms with Crippen molar-refractivity contribution in [1.82, 2.24) is 0 Å². The van der Waals surface area contributed by atoms with Crippen molar-refractivity contribution in [2.45, 2.75) is 52.0 Å². The third-order valence-electron chi connectivity index (χ3n) is 2.62. The molecule has 0 aliphatic carbocycles. The van der Waals surface area contributed by atoms with Gasteiger partial charge in [-0.1, -0.05) is 40.0 Å². The molecule has 1 unspecified atom stereocenters. The van der Waals surface area contributed by atoms with Crippen LogP contribution in [-0.4, -0.2) is 22.1 Å². The second-order valence-electron chi connectivity index (χ2n) is 3.96. The van der Waals surface area contributed by atoms with Crippen molar-refractivity contribution < 1.29 is 15.4 Å². The predicted octanol–water partition coefficient (Wildman–Crippen LogP) is 1.18. The molecule has 0 aromatic heterocycles. The molecule has 0 spiro atoms. The van der Waals surface area contributed by atoms with E-state index in [0.29, 0.717) is 6.42 Å². The molecule has 0 amide bonds. The van der Waals surface area contributed by atoms with Gasteiger partial charge in [0.05, 0.1) is 0 Å². The molecule has 0 aliphatic rings. The Morgan fingerprint density at radius 2 is 1.93 bits per heavy atom. The predicted molar refractivity (Wildman–Crippen MR) is 57.1 cm³/mol. The highest BCUT2D eigenvalue weighted by molar-refractivity contribution is 5.78. The van der Waals surface area contributed by atoms with Crippen LogP contribution < -0.4 is 5.73 Å². The Balaban J connectivity index is 0. The van der Waals surface area contributed by atoms with Crippen LogP contribution in [0.25, 0.3) is 0 Å². The number of rotatable bonds is 6. The van der Waals surface area contributed by atoms with Gasteiger partial charge in [0.15, 0.2) is 0 Å². The van der Waals surface area contributed by atoms with Crippen LogP contribution >= 0.6 is 0 Å². The van der Waals surface area contributed by atoms with Crippen LogP contribution in [-0.2, 0) is 4.79 Å². The summed E-state index contributed by atoms with van der Waals surface area (Å²) in [7, 11) is 0. The smallest absolute Gasteiger partial charge is 0.323 e. The summed E-state index contributed by atoms with van der Waals surface area (Å²) in [5.74, 6) is -0.888. The first kappa shape index (κ1) is 15.8. The summed E-state index contributed by atoms with van der Waals surface area (Å²) in [5.41, 5.74) is 4.79. The molecule has 4 nitrogen and oxygen atoms in total. The molecule has 0 saturated heterocycles. The average molecular weight is 205 g/mol. The van der Waals surface area contributed by atoms with Gasteiger partial charge in [0, 0.05) is 0 Å². The molecule has 0 rings (SSSR count). The first-order chi connectivity index (χ1) is 5.95. The fraction of sp³-hybridized carbons (Fsp3) is 0.900. The van der Waals surface area contributed by atoms with Gasteiger partial charge in [-0.05, 0) is 12.3 Å². The van der Waals surface area contributed by atoms with E-state index in [-0.39, 0.29) is 11.4 Å². The molecule has 0 bridgehead atoms. The third-order valence-corrected chi connectivity index (χ3v) is 2.62. The van der Waals surface area contributed by atoms with Crippen LogP contribution in [0, 0.1) is 5.92 Å². The van der Waals surface area contributed by atoms with E-state index in [1.807, 2.05) is 13.8 Å². The van der Waals surface area contributed by atoms with Crippen molar-refractivity contribution in [2.24, 2.45) is 11.7 Å². The quantitative estimate of drug-likeness (QED) is 0.637. The van der Waals surface area contributed by atoms with Gasteiger partial charge in [0.1, 0.15) is 5.54 Å². The van der Waals surface area contributed by atoms with E-state index >= 15 is 0 Å². The number of aliphatic carboxylic acids is 1. The summed E-state index contributed by atoms with van der Waals surface area (Å²) in [6.07, 6.45) is 3.62. The lowest BCUT2D eigenvalue weighted by molar-refractivity contribution is -0.145. The van der Waals surface area contributed by atoms with E-state index in [0.717, 1.165) is 19.3 Å². The second kappa shape index (κ2) is 6.79. The lowest BCUT2D eigenvalue weighted by atomic mass is 9.83. The molecular weight excluding hydrogens is 182 g/mol. The summed E-state index contributed by atoms with van der Waals surface area (Å²) in [6, 6.07) is 0. The fourth-order valence-electron chi connectivity index (χ4n) is 1.31. The topological polar surface area (TPSA) is 94.8 Å². The van der Waals surface area contributed by atoms with E-state index in [9.17, 15) is 4.79 Å². The molecule has 0 aromatic rings. The summed E-state index contributed by atoms with van der Waals surface area (Å²) in [4.78, 5) is 10.9. The Hall–Kier alpha value is -0.610. The Morgan fingerprint density at radius 1 is 1.43 bits per heavy atom.